The van der Waals surface area contributed by atoms with Crippen LogP contribution in [-0.2, 0) is 6.54 Å². The molecule has 0 spiro atoms. The van der Waals surface area contributed by atoms with E-state index in [1.165, 1.54) is 5.69 Å². The zero-order chi connectivity index (χ0) is 14.5. The van der Waals surface area contributed by atoms with Gasteiger partial charge in [-0.15, -0.1) is 0 Å². The number of aliphatic hydroxyl groups excluding tert-OH is 1. The molecule has 0 amide bonds. The number of anilines is 1. The molecule has 2 N–H and O–H groups in total. The first-order valence-electron chi connectivity index (χ1n) is 7.17. The minimum Gasteiger partial charge on any atom is -0.395 e. The van der Waals surface area contributed by atoms with Crippen LogP contribution in [-0.4, -0.2) is 55.9 Å². The maximum atomic E-state index is 9.12. The number of piperazine rings is 1. The van der Waals surface area contributed by atoms with E-state index in [-0.39, 0.29) is 12.6 Å². The fourth-order valence-electron chi connectivity index (χ4n) is 2.41. The van der Waals surface area contributed by atoms with E-state index in [0.29, 0.717) is 6.54 Å². The molecule has 1 aliphatic heterocycles. The van der Waals surface area contributed by atoms with E-state index in [2.05, 4.69) is 28.2 Å². The number of halogens is 1. The van der Waals surface area contributed by atoms with Crippen LogP contribution in [0.4, 0.5) is 5.69 Å². The van der Waals surface area contributed by atoms with Crippen LogP contribution in [0.5, 0.6) is 0 Å². The highest BCUT2D eigenvalue weighted by atomic mass is 35.5. The van der Waals surface area contributed by atoms with E-state index in [9.17, 15) is 0 Å². The quantitative estimate of drug-likeness (QED) is 0.865. The monoisotopic (exact) mass is 297 g/mol. The van der Waals surface area contributed by atoms with Gasteiger partial charge in [-0.3, -0.25) is 0 Å². The Morgan fingerprint density at radius 3 is 2.65 bits per heavy atom. The molecule has 5 heteroatoms. The highest BCUT2D eigenvalue weighted by molar-refractivity contribution is 6.31. The van der Waals surface area contributed by atoms with Gasteiger partial charge >= 0.3 is 0 Å². The number of rotatable bonds is 5. The highest BCUT2D eigenvalue weighted by Crippen LogP contribution is 2.28. The lowest BCUT2D eigenvalue weighted by molar-refractivity contribution is 0.251. The zero-order valence-corrected chi connectivity index (χ0v) is 13.0. The summed E-state index contributed by atoms with van der Waals surface area (Å²) in [5, 5.41) is 13.2. The van der Waals surface area contributed by atoms with Gasteiger partial charge in [0, 0.05) is 55.0 Å². The maximum Gasteiger partial charge on any atom is 0.0582 e. The first-order valence-corrected chi connectivity index (χ1v) is 7.54. The number of likely N-dealkylation sites (N-methyl/N-ethyl adjacent to an activating group) is 1. The summed E-state index contributed by atoms with van der Waals surface area (Å²) in [6.45, 7) is 6.99. The van der Waals surface area contributed by atoms with Gasteiger partial charge in [0.1, 0.15) is 0 Å². The second-order valence-electron chi connectivity index (χ2n) is 5.49. The van der Waals surface area contributed by atoms with Crippen molar-refractivity contribution in [1.29, 1.82) is 0 Å². The lowest BCUT2D eigenvalue weighted by Crippen LogP contribution is -2.45. The molecule has 112 valence electrons. The van der Waals surface area contributed by atoms with Gasteiger partial charge in [0.15, 0.2) is 0 Å². The Kier molecular flexibility index (Phi) is 5.66. The summed E-state index contributed by atoms with van der Waals surface area (Å²) in [7, 11) is 2.15. The average molecular weight is 298 g/mol. The van der Waals surface area contributed by atoms with Gasteiger partial charge in [-0.2, -0.15) is 0 Å². The van der Waals surface area contributed by atoms with E-state index in [1.54, 1.807) is 0 Å². The number of nitrogens with one attached hydrogen (secondary N) is 1. The summed E-state index contributed by atoms with van der Waals surface area (Å²) in [5.74, 6) is 0. The van der Waals surface area contributed by atoms with Crippen molar-refractivity contribution in [3.8, 4) is 0 Å². The fourth-order valence-corrected chi connectivity index (χ4v) is 2.64. The van der Waals surface area contributed by atoms with Gasteiger partial charge < -0.3 is 20.2 Å². The van der Waals surface area contributed by atoms with E-state index in [4.69, 9.17) is 16.7 Å². The molecule has 1 aliphatic rings. The van der Waals surface area contributed by atoms with Crippen LogP contribution in [0.1, 0.15) is 12.5 Å². The number of aliphatic hydroxyl groups is 1. The molecule has 0 unspecified atom stereocenters. The largest absolute Gasteiger partial charge is 0.395 e. The first kappa shape index (κ1) is 15.6. The van der Waals surface area contributed by atoms with Crippen molar-refractivity contribution in [2.45, 2.75) is 19.5 Å². The lowest BCUT2D eigenvalue weighted by atomic mass is 10.1. The first-order chi connectivity index (χ1) is 9.61. The number of hydrogen-bond donors (Lipinski definition) is 2. The topological polar surface area (TPSA) is 38.7 Å². The van der Waals surface area contributed by atoms with Crippen molar-refractivity contribution in [3.63, 3.8) is 0 Å². The Morgan fingerprint density at radius 1 is 1.30 bits per heavy atom. The SMILES string of the molecule is C[C@H](CO)NCc1c(Cl)cccc1N1CCN(C)CC1. The van der Waals surface area contributed by atoms with E-state index in [0.717, 1.165) is 36.8 Å². The Labute approximate surface area is 126 Å². The van der Waals surface area contributed by atoms with E-state index < -0.39 is 0 Å². The standard InChI is InChI=1S/C15H24ClN3O/c1-12(11-20)17-10-13-14(16)4-3-5-15(13)19-8-6-18(2)7-9-19/h3-5,12,17,20H,6-11H2,1-2H3/t12-/m1/s1. The van der Waals surface area contributed by atoms with Gasteiger partial charge in [0.25, 0.3) is 0 Å². The second-order valence-corrected chi connectivity index (χ2v) is 5.90. The minimum atomic E-state index is 0.0756. The van der Waals surface area contributed by atoms with Crippen LogP contribution in [0.3, 0.4) is 0 Å². The molecule has 1 saturated heterocycles. The molecule has 2 rings (SSSR count). The van der Waals surface area contributed by atoms with Crippen molar-refractivity contribution < 1.29 is 5.11 Å². The molecular weight excluding hydrogens is 274 g/mol. The van der Waals surface area contributed by atoms with Crippen LogP contribution >= 0.6 is 11.6 Å². The average Bonchev–Trinajstić information content (AvgIpc) is 2.46. The van der Waals surface area contributed by atoms with Gasteiger partial charge in [0.2, 0.25) is 0 Å². The molecule has 1 fully saturated rings. The van der Waals surface area contributed by atoms with Gasteiger partial charge in [-0.25, -0.2) is 0 Å². The second kappa shape index (κ2) is 7.27. The molecule has 0 bridgehead atoms. The smallest absolute Gasteiger partial charge is 0.0582 e. The lowest BCUT2D eigenvalue weighted by Gasteiger charge is -2.35. The van der Waals surface area contributed by atoms with Crippen molar-refractivity contribution >= 4 is 17.3 Å². The normalized spacial score (nSPS) is 18.3. The number of benzene rings is 1. The Hall–Kier alpha value is -0.810. The summed E-state index contributed by atoms with van der Waals surface area (Å²) in [5.41, 5.74) is 2.34. The third-order valence-corrected chi connectivity index (χ3v) is 4.19. The fraction of sp³-hybridized carbons (Fsp3) is 0.600. The van der Waals surface area contributed by atoms with Gasteiger partial charge in [0.05, 0.1) is 6.61 Å². The molecule has 0 saturated carbocycles. The predicted octanol–water partition coefficient (Wildman–Crippen LogP) is 1.56. The molecule has 20 heavy (non-hydrogen) atoms. The maximum absolute atomic E-state index is 9.12. The molecule has 1 aromatic rings. The molecule has 1 aromatic carbocycles. The third-order valence-electron chi connectivity index (χ3n) is 3.84. The van der Waals surface area contributed by atoms with Crippen molar-refractivity contribution in [2.24, 2.45) is 0 Å². The number of nitrogens with zero attached hydrogens (tertiary/aromatic N) is 2. The summed E-state index contributed by atoms with van der Waals surface area (Å²) in [6, 6.07) is 6.15. The van der Waals surface area contributed by atoms with Crippen molar-refractivity contribution in [2.75, 3.05) is 44.7 Å². The van der Waals surface area contributed by atoms with E-state index >= 15 is 0 Å². The molecule has 1 heterocycles. The summed E-state index contributed by atoms with van der Waals surface area (Å²) < 4.78 is 0. The van der Waals surface area contributed by atoms with Crippen LogP contribution in [0.2, 0.25) is 5.02 Å². The molecule has 0 radical (unpaired) electrons. The number of hydrogen-bond acceptors (Lipinski definition) is 4. The summed E-state index contributed by atoms with van der Waals surface area (Å²) >= 11 is 6.36. The van der Waals surface area contributed by atoms with Crippen LogP contribution < -0.4 is 10.2 Å². The molecule has 1 atom stereocenters. The predicted molar refractivity (Wildman–Crippen MR) is 84.5 cm³/mol. The van der Waals surface area contributed by atoms with Crippen LogP contribution in [0.25, 0.3) is 0 Å². The Morgan fingerprint density at radius 2 is 2.00 bits per heavy atom. The highest BCUT2D eigenvalue weighted by Gasteiger charge is 2.18. The Bertz CT molecular complexity index is 433. The van der Waals surface area contributed by atoms with Crippen LogP contribution in [0, 0.1) is 0 Å². The van der Waals surface area contributed by atoms with Crippen molar-refractivity contribution in [1.82, 2.24) is 10.2 Å². The Balaban J connectivity index is 2.13. The van der Waals surface area contributed by atoms with E-state index in [1.807, 2.05) is 19.1 Å². The van der Waals surface area contributed by atoms with Crippen LogP contribution in [0.15, 0.2) is 18.2 Å². The third kappa shape index (κ3) is 3.85. The molecule has 0 aromatic heterocycles. The van der Waals surface area contributed by atoms with Crippen molar-refractivity contribution in [3.05, 3.63) is 28.8 Å². The summed E-state index contributed by atoms with van der Waals surface area (Å²) in [6.07, 6.45) is 0. The molecular formula is C15H24ClN3O. The molecule has 4 nitrogen and oxygen atoms in total. The minimum absolute atomic E-state index is 0.0756. The molecule has 0 aliphatic carbocycles. The zero-order valence-electron chi connectivity index (χ0n) is 12.3. The van der Waals surface area contributed by atoms with Gasteiger partial charge in [-0.1, -0.05) is 17.7 Å². The summed E-state index contributed by atoms with van der Waals surface area (Å²) in [4.78, 5) is 4.74. The van der Waals surface area contributed by atoms with Gasteiger partial charge in [-0.05, 0) is 26.1 Å².